The van der Waals surface area contributed by atoms with Crippen molar-refractivity contribution in [2.45, 2.75) is 71.2 Å². The number of alkyl halides is 5. The molecule has 0 aliphatic carbocycles. The van der Waals surface area contributed by atoms with Crippen LogP contribution in [-0.4, -0.2) is 130 Å². The van der Waals surface area contributed by atoms with Gasteiger partial charge in [0.2, 0.25) is 15.9 Å². The Morgan fingerprint density at radius 1 is 1.10 bits per heavy atom. The summed E-state index contributed by atoms with van der Waals surface area (Å²) in [6.07, 6.45) is 8.94. The molecule has 2 amide bonds. The van der Waals surface area contributed by atoms with Gasteiger partial charge in [0.1, 0.15) is 43.6 Å². The number of para-hydroxylation sites is 1. The molecule has 4 aromatic rings. The Morgan fingerprint density at radius 3 is 2.17 bits per heavy atom. The number of aryl methyl sites for hydroxylation is 3. The zero-order valence-electron chi connectivity index (χ0n) is 40.8. The molecule has 0 spiro atoms. The number of hydrogen-bond acceptors (Lipinski definition) is 13. The SMILES string of the molecule is CC1(C)OC(c2ccco2)CN1C(=O)C(Cl)Cl.CCOCN(C(=O)CCl)c1c(C)cccc1CC.C[S+](C)C.Cc1nn(-c2cc(NS(C)(=O)=O)c(Cl)cc2Cl)c(=O)n1C(F)F.O=C(O)CNCP(=O)([O-])O. The zero-order chi connectivity index (χ0) is 55.5. The number of furan rings is 1. The van der Waals surface area contributed by atoms with Crippen molar-refractivity contribution in [2.75, 3.05) is 73.2 Å². The van der Waals surface area contributed by atoms with Gasteiger partial charge < -0.3 is 38.2 Å². The van der Waals surface area contributed by atoms with Gasteiger partial charge in [-0.3, -0.25) is 29.3 Å². The number of sulfonamides is 1. The van der Waals surface area contributed by atoms with E-state index in [1.165, 1.54) is 17.9 Å². The summed E-state index contributed by atoms with van der Waals surface area (Å²) in [5, 5.41) is 13.6. The molecule has 1 fully saturated rings. The predicted octanol–water partition coefficient (Wildman–Crippen LogP) is 6.92. The van der Waals surface area contributed by atoms with E-state index in [9.17, 15) is 45.8 Å². The van der Waals surface area contributed by atoms with Gasteiger partial charge in [-0.2, -0.15) is 13.5 Å². The maximum Gasteiger partial charge on any atom is 0.355 e. The topological polar surface area (TPSA) is 268 Å². The number of carboxylic acid groups (broad SMARTS) is 1. The highest BCUT2D eigenvalue weighted by Gasteiger charge is 2.45. The molecule has 3 heterocycles. The van der Waals surface area contributed by atoms with Crippen LogP contribution in [0.5, 0.6) is 0 Å². The molecule has 1 aliphatic heterocycles. The van der Waals surface area contributed by atoms with Gasteiger partial charge in [-0.15, -0.1) is 16.7 Å². The van der Waals surface area contributed by atoms with Crippen LogP contribution < -0.4 is 25.5 Å². The fourth-order valence-electron chi connectivity index (χ4n) is 5.98. The van der Waals surface area contributed by atoms with Crippen LogP contribution in [0.15, 0.2) is 57.9 Å². The number of halogens is 7. The van der Waals surface area contributed by atoms with Crippen LogP contribution in [-0.2, 0) is 55.8 Å². The second-order valence-electron chi connectivity index (χ2n) is 15.7. The van der Waals surface area contributed by atoms with E-state index in [4.69, 9.17) is 81.9 Å². The molecule has 2 unspecified atom stereocenters. The van der Waals surface area contributed by atoms with E-state index in [1.807, 2.05) is 43.4 Å². The van der Waals surface area contributed by atoms with Gasteiger partial charge in [0, 0.05) is 6.61 Å². The minimum Gasteiger partial charge on any atom is -0.778 e. The molecule has 30 heteroatoms. The Hall–Kier alpha value is -3.49. The number of ether oxygens (including phenoxy) is 2. The van der Waals surface area contributed by atoms with Crippen molar-refractivity contribution in [1.29, 1.82) is 0 Å². The van der Waals surface area contributed by atoms with Crippen LogP contribution in [0, 0.1) is 13.8 Å². The molecule has 5 rings (SSSR count). The summed E-state index contributed by atoms with van der Waals surface area (Å²) in [7, 11) is -7.36. The van der Waals surface area contributed by atoms with Crippen molar-refractivity contribution in [3.8, 4) is 5.69 Å². The number of benzene rings is 2. The Kier molecular flexibility index (Phi) is 28.4. The van der Waals surface area contributed by atoms with Gasteiger partial charge >= 0.3 is 18.2 Å². The van der Waals surface area contributed by atoms with Crippen LogP contribution in [0.2, 0.25) is 10.0 Å². The lowest BCUT2D eigenvalue weighted by Crippen LogP contribution is -2.45. The van der Waals surface area contributed by atoms with Gasteiger partial charge in [-0.05, 0) is 87.3 Å². The summed E-state index contributed by atoms with van der Waals surface area (Å²) < 4.78 is 77.6. The summed E-state index contributed by atoms with van der Waals surface area (Å²) >= 11 is 28.7. The minimum atomic E-state index is -4.35. The molecular weight excluding hydrogens is 1120 g/mol. The van der Waals surface area contributed by atoms with Gasteiger partial charge in [0.25, 0.3) is 5.91 Å². The first-order valence-corrected chi connectivity index (χ1v) is 29.2. The molecule has 1 saturated heterocycles. The monoisotopic (exact) mass is 1180 g/mol. The highest BCUT2D eigenvalue weighted by Crippen LogP contribution is 2.37. The van der Waals surface area contributed by atoms with Crippen molar-refractivity contribution < 1.29 is 64.9 Å². The van der Waals surface area contributed by atoms with E-state index in [-0.39, 0.29) is 62.3 Å². The molecule has 2 aromatic carbocycles. The lowest BCUT2D eigenvalue weighted by molar-refractivity contribution is -0.193. The molecular formula is C42H59Cl5F2N7O13PS2. The maximum absolute atomic E-state index is 12.8. The molecule has 0 bridgehead atoms. The predicted molar refractivity (Wildman–Crippen MR) is 277 cm³/mol. The number of aliphatic carboxylic acids is 1. The highest BCUT2D eigenvalue weighted by atomic mass is 35.5. The van der Waals surface area contributed by atoms with E-state index in [2.05, 4.69) is 35.5 Å². The van der Waals surface area contributed by atoms with Crippen molar-refractivity contribution >= 4 is 116 Å². The average Bonchev–Trinajstić information content (AvgIpc) is 3.98. The van der Waals surface area contributed by atoms with E-state index in [0.717, 1.165) is 35.6 Å². The van der Waals surface area contributed by atoms with Crippen molar-refractivity contribution in [2.24, 2.45) is 0 Å². The summed E-state index contributed by atoms with van der Waals surface area (Å²) in [5.74, 6) is -1.23. The normalized spacial score (nSPS) is 14.7. The Bertz CT molecular complexity index is 2600. The van der Waals surface area contributed by atoms with Gasteiger partial charge in [0.05, 0.1) is 77.8 Å². The van der Waals surface area contributed by atoms with Crippen LogP contribution >= 0.6 is 65.6 Å². The van der Waals surface area contributed by atoms with Crippen LogP contribution in [0.1, 0.15) is 63.1 Å². The third-order valence-corrected chi connectivity index (χ3v) is 11.3. The summed E-state index contributed by atoms with van der Waals surface area (Å²) in [6.45, 7) is 8.44. The second kappa shape index (κ2) is 30.8. The number of nitrogens with one attached hydrogen (secondary N) is 2. The molecule has 2 atom stereocenters. The van der Waals surface area contributed by atoms with E-state index in [0.29, 0.717) is 34.5 Å². The fraction of sp³-hybridized carbons (Fsp3) is 0.500. The number of carbonyl (C=O) groups is 3. The quantitative estimate of drug-likeness (QED) is 0.0384. The summed E-state index contributed by atoms with van der Waals surface area (Å²) in [4.78, 5) is 65.6. The smallest absolute Gasteiger partial charge is 0.355 e. The number of nitrogens with zero attached hydrogens (tertiary/aromatic N) is 5. The molecule has 0 radical (unpaired) electrons. The van der Waals surface area contributed by atoms with Crippen LogP contribution in [0.3, 0.4) is 0 Å². The van der Waals surface area contributed by atoms with Crippen molar-refractivity contribution in [3.05, 3.63) is 92.0 Å². The third kappa shape index (κ3) is 22.5. The standard InChI is InChI=1S/C14H20ClNO2.C11H10Cl2F2N4O3S.C11H13Cl2NO3.C3H8NO5P.C3H9S/c1-4-12-8-6-7-11(3)14(12)16(10-18-5-2)13(17)9-15;1-5-16-19(11(20)18(5)10(14)15)9-4-8(17-23(2,21)22)6(12)3-7(9)13;1-11(2)14(10(15)9(12)13)6-8(17-11)7-4-3-5-16-7;5-3(6)1-4-2-10(7,8)9;1-4(2)3/h6-8H,4-5,9-10H2,1-3H3;3-4,10,17H,1-2H3;3-5,8-9H,6H2,1-2H3;4H,1-2H2,(H,5,6)(H2,7,8,9);1-3H3/q;;;;+1/p-1. The van der Waals surface area contributed by atoms with E-state index in [1.54, 1.807) is 31.1 Å². The van der Waals surface area contributed by atoms with Gasteiger partial charge in [-0.25, -0.2) is 17.8 Å². The number of anilines is 2. The second-order valence-corrected chi connectivity index (χ2v) is 23.7. The lowest BCUT2D eigenvalue weighted by Gasteiger charge is -2.29. The van der Waals surface area contributed by atoms with Crippen LogP contribution in [0.25, 0.3) is 5.69 Å². The molecule has 406 valence electrons. The Labute approximate surface area is 444 Å². The average molecular weight is 1180 g/mol. The Morgan fingerprint density at radius 2 is 1.71 bits per heavy atom. The Balaban J connectivity index is 0.000000482. The molecule has 2 aromatic heterocycles. The van der Waals surface area contributed by atoms with Crippen molar-refractivity contribution in [3.63, 3.8) is 0 Å². The molecule has 20 nitrogen and oxygen atoms in total. The lowest BCUT2D eigenvalue weighted by atomic mass is 10.0. The maximum atomic E-state index is 12.8. The number of hydrogen-bond donors (Lipinski definition) is 4. The minimum absolute atomic E-state index is 0.0257. The molecule has 1 aliphatic rings. The zero-order valence-corrected chi connectivity index (χ0v) is 47.1. The first kappa shape index (κ1) is 66.5. The number of amides is 2. The third-order valence-electron chi connectivity index (χ3n) is 8.88. The summed E-state index contributed by atoms with van der Waals surface area (Å²) in [5.41, 5.74) is 1.11. The van der Waals surface area contributed by atoms with Gasteiger partial charge in [0.15, 0.2) is 4.84 Å². The molecule has 4 N–H and O–H groups in total. The number of aromatic nitrogens is 3. The van der Waals surface area contributed by atoms with Crippen molar-refractivity contribution in [1.82, 2.24) is 24.6 Å². The fourth-order valence-corrected chi connectivity index (χ4v) is 7.89. The first-order chi connectivity index (χ1) is 33.2. The largest absolute Gasteiger partial charge is 0.778 e. The summed E-state index contributed by atoms with van der Waals surface area (Å²) in [6, 6.07) is 11.9. The first-order valence-electron chi connectivity index (χ1n) is 20.9. The van der Waals surface area contributed by atoms with Gasteiger partial charge in [-0.1, -0.05) is 71.5 Å². The number of rotatable bonds is 16. The molecule has 0 saturated carbocycles. The van der Waals surface area contributed by atoms with E-state index >= 15 is 0 Å². The van der Waals surface area contributed by atoms with Crippen LogP contribution in [0.4, 0.5) is 20.2 Å². The molecule has 72 heavy (non-hydrogen) atoms. The number of carboxylic acids is 1. The highest BCUT2D eigenvalue weighted by molar-refractivity contribution is 7.94. The number of carbonyl (C=O) groups excluding carboxylic acids is 2. The van der Waals surface area contributed by atoms with E-state index < -0.39 is 59.2 Å².